The van der Waals surface area contributed by atoms with Gasteiger partial charge in [-0.15, -0.1) is 0 Å². The van der Waals surface area contributed by atoms with E-state index >= 15 is 0 Å². The van der Waals surface area contributed by atoms with Gasteiger partial charge in [-0.25, -0.2) is 10.8 Å². The molecule has 1 saturated heterocycles. The molecular formula is C15H24N4O. The average molecular weight is 276 g/mol. The van der Waals surface area contributed by atoms with E-state index in [-0.39, 0.29) is 5.91 Å². The zero-order chi connectivity index (χ0) is 14.4. The van der Waals surface area contributed by atoms with Crippen molar-refractivity contribution in [1.82, 2.24) is 9.88 Å². The number of pyridine rings is 1. The third kappa shape index (κ3) is 3.48. The second-order valence-electron chi connectivity index (χ2n) is 5.42. The molecule has 1 amide bonds. The van der Waals surface area contributed by atoms with E-state index in [9.17, 15) is 4.79 Å². The number of nitrogens with zero attached hydrogens (tertiary/aromatic N) is 2. The molecule has 1 fully saturated rings. The van der Waals surface area contributed by atoms with E-state index in [1.807, 2.05) is 4.90 Å². The molecule has 5 heteroatoms. The molecule has 0 spiro atoms. The Kier molecular flexibility index (Phi) is 5.35. The van der Waals surface area contributed by atoms with Crippen LogP contribution in [0.1, 0.15) is 49.4 Å². The number of anilines is 1. The number of nitrogens with one attached hydrogen (secondary N) is 1. The molecule has 1 aromatic heterocycles. The number of nitrogen functional groups attached to an aromatic ring is 1. The second kappa shape index (κ2) is 7.24. The maximum absolute atomic E-state index is 12.6. The lowest BCUT2D eigenvalue weighted by atomic mass is 9.96. The highest BCUT2D eigenvalue weighted by atomic mass is 16.2. The van der Waals surface area contributed by atoms with Crippen LogP contribution in [0.3, 0.4) is 0 Å². The first-order valence-electron chi connectivity index (χ1n) is 7.47. The van der Waals surface area contributed by atoms with Crippen LogP contribution < -0.4 is 11.3 Å². The molecule has 3 N–H and O–H groups in total. The predicted octanol–water partition coefficient (Wildman–Crippen LogP) is 2.41. The molecule has 110 valence electrons. The van der Waals surface area contributed by atoms with Gasteiger partial charge in [0, 0.05) is 19.3 Å². The third-order valence-electron chi connectivity index (χ3n) is 4.01. The van der Waals surface area contributed by atoms with Crippen molar-refractivity contribution in [1.29, 1.82) is 0 Å². The topological polar surface area (TPSA) is 71.2 Å². The first kappa shape index (κ1) is 14.8. The summed E-state index contributed by atoms with van der Waals surface area (Å²) in [6.45, 7) is 3.89. The molecule has 1 atom stereocenters. The minimum absolute atomic E-state index is 0.0307. The van der Waals surface area contributed by atoms with Gasteiger partial charge in [0.1, 0.15) is 0 Å². The van der Waals surface area contributed by atoms with E-state index < -0.39 is 0 Å². The van der Waals surface area contributed by atoms with Crippen molar-refractivity contribution in [2.45, 2.75) is 39.0 Å². The Labute approximate surface area is 120 Å². The second-order valence-corrected chi connectivity index (χ2v) is 5.42. The van der Waals surface area contributed by atoms with Crippen LogP contribution in [-0.4, -0.2) is 28.9 Å². The molecule has 20 heavy (non-hydrogen) atoms. The van der Waals surface area contributed by atoms with Crippen molar-refractivity contribution in [2.75, 3.05) is 18.5 Å². The summed E-state index contributed by atoms with van der Waals surface area (Å²) in [5.74, 6) is 6.67. The number of hydrogen-bond acceptors (Lipinski definition) is 4. The number of nitrogens with two attached hydrogens (primary N) is 1. The summed E-state index contributed by atoms with van der Waals surface area (Å²) < 4.78 is 0. The third-order valence-corrected chi connectivity index (χ3v) is 4.01. The Morgan fingerprint density at radius 2 is 2.35 bits per heavy atom. The molecule has 0 radical (unpaired) electrons. The summed E-state index contributed by atoms with van der Waals surface area (Å²) >= 11 is 0. The molecule has 0 saturated carbocycles. The zero-order valence-electron chi connectivity index (χ0n) is 12.1. The molecule has 1 aliphatic rings. The van der Waals surface area contributed by atoms with E-state index in [0.29, 0.717) is 11.4 Å². The first-order chi connectivity index (χ1) is 9.76. The summed E-state index contributed by atoms with van der Waals surface area (Å²) in [7, 11) is 0. The van der Waals surface area contributed by atoms with Crippen molar-refractivity contribution in [3.8, 4) is 0 Å². The summed E-state index contributed by atoms with van der Waals surface area (Å²) in [5.41, 5.74) is 3.06. The van der Waals surface area contributed by atoms with E-state index in [2.05, 4.69) is 17.3 Å². The largest absolute Gasteiger partial charge is 0.339 e. The molecule has 5 nitrogen and oxygen atoms in total. The summed E-state index contributed by atoms with van der Waals surface area (Å²) in [6.07, 6.45) is 7.54. The Balaban J connectivity index is 2.05. The van der Waals surface area contributed by atoms with E-state index in [4.69, 9.17) is 5.84 Å². The van der Waals surface area contributed by atoms with Gasteiger partial charge in [-0.05, 0) is 37.3 Å². The smallest absolute Gasteiger partial charge is 0.257 e. The maximum Gasteiger partial charge on any atom is 0.257 e. The number of carbonyl (C=O) groups is 1. The number of hydrogen-bond donors (Lipinski definition) is 2. The van der Waals surface area contributed by atoms with Crippen LogP contribution in [0.4, 0.5) is 5.82 Å². The van der Waals surface area contributed by atoms with Crippen LogP contribution >= 0.6 is 0 Å². The van der Waals surface area contributed by atoms with Crippen molar-refractivity contribution >= 4 is 11.7 Å². The first-order valence-corrected chi connectivity index (χ1v) is 7.47. The number of aromatic nitrogens is 1. The highest BCUT2D eigenvalue weighted by Crippen LogP contribution is 2.23. The summed E-state index contributed by atoms with van der Waals surface area (Å²) in [4.78, 5) is 18.6. The van der Waals surface area contributed by atoms with Crippen molar-refractivity contribution in [2.24, 2.45) is 11.8 Å². The SMILES string of the molecule is CCCC1CCCN(C(=O)c2cccnc2NN)CC1. The normalized spacial score (nSPS) is 19.5. The quantitative estimate of drug-likeness (QED) is 0.654. The number of likely N-dealkylation sites (tertiary alicyclic amines) is 1. The number of rotatable bonds is 4. The lowest BCUT2D eigenvalue weighted by Crippen LogP contribution is -2.33. The zero-order valence-corrected chi connectivity index (χ0v) is 12.1. The van der Waals surface area contributed by atoms with E-state index in [1.54, 1.807) is 18.3 Å². The molecule has 0 aromatic carbocycles. The summed E-state index contributed by atoms with van der Waals surface area (Å²) in [5, 5.41) is 0. The van der Waals surface area contributed by atoms with E-state index in [0.717, 1.165) is 31.8 Å². The molecule has 2 heterocycles. The molecule has 1 unspecified atom stereocenters. The van der Waals surface area contributed by atoms with Crippen LogP contribution in [0.15, 0.2) is 18.3 Å². The Bertz CT molecular complexity index is 449. The van der Waals surface area contributed by atoms with Gasteiger partial charge in [0.15, 0.2) is 5.82 Å². The Morgan fingerprint density at radius 1 is 1.50 bits per heavy atom. The van der Waals surface area contributed by atoms with E-state index in [1.165, 1.54) is 19.3 Å². The highest BCUT2D eigenvalue weighted by Gasteiger charge is 2.23. The monoisotopic (exact) mass is 276 g/mol. The van der Waals surface area contributed by atoms with Crippen LogP contribution in [0.5, 0.6) is 0 Å². The van der Waals surface area contributed by atoms with Crippen LogP contribution in [-0.2, 0) is 0 Å². The lowest BCUT2D eigenvalue weighted by Gasteiger charge is -2.21. The van der Waals surface area contributed by atoms with Crippen LogP contribution in [0.2, 0.25) is 0 Å². The van der Waals surface area contributed by atoms with Gasteiger partial charge in [-0.3, -0.25) is 4.79 Å². The molecule has 1 aliphatic heterocycles. The van der Waals surface area contributed by atoms with Crippen molar-refractivity contribution in [3.05, 3.63) is 23.9 Å². The minimum atomic E-state index is 0.0307. The molecular weight excluding hydrogens is 252 g/mol. The number of carbonyl (C=O) groups excluding carboxylic acids is 1. The summed E-state index contributed by atoms with van der Waals surface area (Å²) in [6, 6.07) is 3.55. The van der Waals surface area contributed by atoms with Gasteiger partial charge >= 0.3 is 0 Å². The fraction of sp³-hybridized carbons (Fsp3) is 0.600. The van der Waals surface area contributed by atoms with Gasteiger partial charge in [0.05, 0.1) is 5.56 Å². The molecule has 2 rings (SSSR count). The Hall–Kier alpha value is -1.62. The van der Waals surface area contributed by atoms with Gasteiger partial charge < -0.3 is 10.3 Å². The highest BCUT2D eigenvalue weighted by molar-refractivity contribution is 5.98. The fourth-order valence-electron chi connectivity index (χ4n) is 2.93. The van der Waals surface area contributed by atoms with Crippen LogP contribution in [0, 0.1) is 5.92 Å². The standard InChI is InChI=1S/C15H24N4O/c1-2-5-12-6-4-10-19(11-8-12)15(20)13-7-3-9-17-14(13)18-16/h3,7,9,12H,2,4-6,8,10-11,16H2,1H3,(H,17,18). The number of hydrazine groups is 1. The molecule has 0 bridgehead atoms. The molecule has 0 aliphatic carbocycles. The lowest BCUT2D eigenvalue weighted by molar-refractivity contribution is 0.0760. The molecule has 1 aromatic rings. The average Bonchev–Trinajstić information content (AvgIpc) is 2.72. The van der Waals surface area contributed by atoms with Crippen molar-refractivity contribution < 1.29 is 4.79 Å². The van der Waals surface area contributed by atoms with Gasteiger partial charge in [-0.1, -0.05) is 19.8 Å². The van der Waals surface area contributed by atoms with Gasteiger partial charge in [-0.2, -0.15) is 0 Å². The minimum Gasteiger partial charge on any atom is -0.339 e. The Morgan fingerprint density at radius 3 is 3.10 bits per heavy atom. The van der Waals surface area contributed by atoms with Gasteiger partial charge in [0.2, 0.25) is 0 Å². The van der Waals surface area contributed by atoms with Crippen LogP contribution in [0.25, 0.3) is 0 Å². The fourth-order valence-corrected chi connectivity index (χ4v) is 2.93. The maximum atomic E-state index is 12.6. The number of amides is 1. The van der Waals surface area contributed by atoms with Gasteiger partial charge in [0.25, 0.3) is 5.91 Å². The predicted molar refractivity (Wildman–Crippen MR) is 80.2 cm³/mol. The van der Waals surface area contributed by atoms with Crippen molar-refractivity contribution in [3.63, 3.8) is 0 Å².